The van der Waals surface area contributed by atoms with E-state index in [-0.39, 0.29) is 101 Å². The van der Waals surface area contributed by atoms with Crippen molar-refractivity contribution in [1.29, 1.82) is 0 Å². The van der Waals surface area contributed by atoms with Gasteiger partial charge in [-0.3, -0.25) is 33.8 Å². The average molecular weight is 1530 g/mol. The molecule has 2 aromatic heterocycles. The van der Waals surface area contributed by atoms with E-state index >= 15 is 0 Å². The molecule has 1 fully saturated rings. The van der Waals surface area contributed by atoms with Gasteiger partial charge in [-0.2, -0.15) is 4.31 Å². The number of sulfone groups is 1. The van der Waals surface area contributed by atoms with Gasteiger partial charge in [-0.1, -0.05) is 116 Å². The fourth-order valence-electron chi connectivity index (χ4n) is 14.0. The quantitative estimate of drug-likeness (QED) is 0.0126. The van der Waals surface area contributed by atoms with Gasteiger partial charge >= 0.3 is 0 Å². The molecule has 24 nitrogen and oxygen atoms in total. The molecule has 1 aliphatic carbocycles. The maximum Gasteiger partial charge on any atom is 0.254 e. The number of amides is 5. The van der Waals surface area contributed by atoms with Crippen molar-refractivity contribution in [3.8, 4) is 22.5 Å². The minimum atomic E-state index is -4.29. The summed E-state index contributed by atoms with van der Waals surface area (Å²) in [5.74, 6) is -1.14. The molecule has 2 aliphatic heterocycles. The Labute approximate surface area is 642 Å². The highest BCUT2D eigenvalue weighted by atomic mass is 32.2. The summed E-state index contributed by atoms with van der Waals surface area (Å²) >= 11 is 0. The molecule has 3 atom stereocenters. The lowest BCUT2D eigenvalue weighted by molar-refractivity contribution is -0.134. The Morgan fingerprint density at radius 1 is 0.655 bits per heavy atom. The number of unbranched alkanes of at least 4 members (excludes halogenated alkanes) is 2. The average Bonchev–Trinajstić information content (AvgIpc) is 0.791. The van der Waals surface area contributed by atoms with Crippen molar-refractivity contribution in [3.63, 3.8) is 0 Å². The van der Waals surface area contributed by atoms with Crippen molar-refractivity contribution in [3.05, 3.63) is 216 Å². The lowest BCUT2D eigenvalue weighted by Gasteiger charge is -2.35. The lowest BCUT2D eigenvalue weighted by atomic mass is 9.90. The second kappa shape index (κ2) is 36.6. The summed E-state index contributed by atoms with van der Waals surface area (Å²) in [4.78, 5) is 92.1. The van der Waals surface area contributed by atoms with Crippen molar-refractivity contribution in [1.82, 2.24) is 54.6 Å². The van der Waals surface area contributed by atoms with E-state index in [1.165, 1.54) is 47.4 Å². The molecule has 0 spiro atoms. The van der Waals surface area contributed by atoms with Crippen molar-refractivity contribution < 1.29 is 55.1 Å². The fraction of sp³-hybridized carbons (Fsp3) is 0.357. The summed E-state index contributed by atoms with van der Waals surface area (Å²) in [5.41, 5.74) is 7.14. The molecule has 110 heavy (non-hydrogen) atoms. The van der Waals surface area contributed by atoms with E-state index in [2.05, 4.69) is 105 Å². The maximum absolute atomic E-state index is 14.7. The van der Waals surface area contributed by atoms with E-state index in [0.717, 1.165) is 74.9 Å². The van der Waals surface area contributed by atoms with Crippen molar-refractivity contribution in [2.45, 2.75) is 133 Å². The number of ketones is 1. The summed E-state index contributed by atoms with van der Waals surface area (Å²) in [7, 11) is -8.38. The molecule has 4 heterocycles. The number of aromatic nitrogens is 4. The van der Waals surface area contributed by atoms with Crippen LogP contribution in [0.1, 0.15) is 131 Å². The molecular weight excluding hydrogens is 1430 g/mol. The minimum Gasteiger partial charge on any atom is -0.456 e. The number of rotatable bonds is 34. The van der Waals surface area contributed by atoms with Crippen LogP contribution in [0.25, 0.3) is 44.3 Å². The van der Waals surface area contributed by atoms with Crippen LogP contribution in [0, 0.1) is 5.92 Å². The van der Waals surface area contributed by atoms with Gasteiger partial charge in [0, 0.05) is 147 Å². The molecule has 0 saturated carbocycles. The summed E-state index contributed by atoms with van der Waals surface area (Å²) in [5, 5.41) is 31.3. The summed E-state index contributed by atoms with van der Waals surface area (Å²) in [6.45, 7) is 18.3. The van der Waals surface area contributed by atoms with Gasteiger partial charge in [0.2, 0.25) is 48.8 Å². The first-order valence-corrected chi connectivity index (χ1v) is 40.7. The van der Waals surface area contributed by atoms with Crippen LogP contribution < -0.4 is 30.8 Å². The molecule has 5 amide bonds. The molecule has 0 radical (unpaired) electrons. The van der Waals surface area contributed by atoms with E-state index in [1.54, 1.807) is 89.5 Å². The van der Waals surface area contributed by atoms with Gasteiger partial charge in [-0.15, -0.1) is 5.10 Å². The van der Waals surface area contributed by atoms with Gasteiger partial charge in [-0.05, 0) is 125 Å². The molecule has 8 aromatic rings. The number of pyridine rings is 1. The van der Waals surface area contributed by atoms with E-state index < -0.39 is 44.0 Å². The lowest BCUT2D eigenvalue weighted by Crippen LogP contribution is -2.50. The Bertz CT molecular complexity index is 5200. The third-order valence-corrected chi connectivity index (χ3v) is 23.8. The number of nitrogens with zero attached hydrogens (tertiary/aromatic N) is 9. The number of hydrogen-bond donors (Lipinski definition) is 4. The third kappa shape index (κ3) is 19.1. The number of aliphatic hydroxyl groups excluding tert-OH is 1. The van der Waals surface area contributed by atoms with Crippen molar-refractivity contribution in [2.75, 3.05) is 76.9 Å². The largest absolute Gasteiger partial charge is 0.456 e. The molecule has 3 aliphatic rings. The van der Waals surface area contributed by atoms with Crippen LogP contribution in [0.5, 0.6) is 0 Å². The molecule has 11 rings (SSSR count). The Balaban J connectivity index is 0.651. The number of benzene rings is 7. The predicted molar refractivity (Wildman–Crippen MR) is 423 cm³/mol. The second-order valence-electron chi connectivity index (χ2n) is 28.0. The van der Waals surface area contributed by atoms with E-state index in [4.69, 9.17) is 4.42 Å². The maximum atomic E-state index is 14.7. The Kier molecular flexibility index (Phi) is 26.7. The van der Waals surface area contributed by atoms with Crippen LogP contribution in [-0.4, -0.2) is 175 Å². The Morgan fingerprint density at radius 2 is 1.35 bits per heavy atom. The zero-order chi connectivity index (χ0) is 78.2. The third-order valence-electron chi connectivity index (χ3n) is 20.2. The number of anilines is 1. The SMILES string of the molecule is CCN(CC)c1ccc2c(-c3ccccc3C(=O)N3CCN(C(=O)CCC(=O)NCCCCCC(=O)N[C@@H](Cc4ccc(C(=O)c5ccccc5)cc4)C(=O)NCc4cn([C@@H](C)C(O)CN(CC(C)C)S(=O)(=O)c5ccc(S(=O)(=O)c6cccc7cccnc67)cc5)nn4)CC3)c3ccc(=[N+](CC)CC)cc-3oc2c1. The number of carbonyl (C=O) groups excluding carboxylic acids is 6. The van der Waals surface area contributed by atoms with Gasteiger partial charge < -0.3 is 40.2 Å². The first-order chi connectivity index (χ1) is 53.0. The Morgan fingerprint density at radius 3 is 2.06 bits per heavy atom. The van der Waals surface area contributed by atoms with Crippen LogP contribution in [0.3, 0.4) is 0 Å². The minimum absolute atomic E-state index is 0.00241. The smallest absolute Gasteiger partial charge is 0.254 e. The molecular formula is C84H97N12O12S2+. The normalized spacial score (nSPS) is 13.5. The summed E-state index contributed by atoms with van der Waals surface area (Å²) in [6, 6.07) is 47.2. The van der Waals surface area contributed by atoms with Gasteiger partial charge in [0.1, 0.15) is 36.2 Å². The number of aliphatic hydroxyl groups is 1. The number of carbonyl (C=O) groups is 6. The van der Waals surface area contributed by atoms with Crippen molar-refractivity contribution in [2.24, 2.45) is 5.92 Å². The van der Waals surface area contributed by atoms with Crippen LogP contribution in [0.15, 0.2) is 201 Å². The highest BCUT2D eigenvalue weighted by Gasteiger charge is 2.34. The van der Waals surface area contributed by atoms with Crippen LogP contribution in [0.4, 0.5) is 5.69 Å². The Hall–Kier alpha value is -10.8. The molecule has 26 heteroatoms. The number of sulfonamides is 1. The molecule has 576 valence electrons. The number of nitrogens with one attached hydrogen (secondary N) is 3. The first-order valence-electron chi connectivity index (χ1n) is 37.8. The molecule has 1 saturated heterocycles. The van der Waals surface area contributed by atoms with Crippen LogP contribution >= 0.6 is 0 Å². The van der Waals surface area contributed by atoms with Gasteiger partial charge in [0.25, 0.3) is 5.91 Å². The van der Waals surface area contributed by atoms with Crippen molar-refractivity contribution >= 4 is 82.7 Å². The van der Waals surface area contributed by atoms with Gasteiger partial charge in [0.15, 0.2) is 5.78 Å². The summed E-state index contributed by atoms with van der Waals surface area (Å²) in [6.07, 6.45) is 3.38. The number of piperazine rings is 1. The zero-order valence-corrected chi connectivity index (χ0v) is 65.0. The van der Waals surface area contributed by atoms with Crippen LogP contribution in [0.2, 0.25) is 0 Å². The molecule has 0 bridgehead atoms. The zero-order valence-electron chi connectivity index (χ0n) is 63.3. The highest BCUT2D eigenvalue weighted by Crippen LogP contribution is 2.43. The second-order valence-corrected chi connectivity index (χ2v) is 31.9. The monoisotopic (exact) mass is 1530 g/mol. The van der Waals surface area contributed by atoms with Gasteiger partial charge in [0.05, 0.1) is 51.2 Å². The van der Waals surface area contributed by atoms with E-state index in [9.17, 15) is 50.7 Å². The molecule has 4 N–H and O–H groups in total. The predicted octanol–water partition coefficient (Wildman–Crippen LogP) is 10.1. The van der Waals surface area contributed by atoms with Crippen LogP contribution in [-0.2, 0) is 52.0 Å². The topological polar surface area (TPSA) is 300 Å². The number of para-hydroxylation sites is 1. The molecule has 6 aromatic carbocycles. The number of hydrogen-bond acceptors (Lipinski definition) is 16. The molecule has 1 unspecified atom stereocenters. The summed E-state index contributed by atoms with van der Waals surface area (Å²) < 4.78 is 67.7. The standard InChI is InChI=1S/C84H96N12O12S2/c1-8-91(9-2)64-34-40-70-74(51-64)108-75-52-65(92(10-3)11-4)35-41-71(75)80(70)68-26-17-18-27-69(68)84(103)94-48-46-93(47-49-94)79(100)43-42-77(98)85-44-19-13-16-29-78(99)88-72(50-59-30-32-62(33-31-59)82(101)61-22-14-12-15-23-61)83(102)87-53-63-55-96(90-89-63)58(7)73(97)56-95(54-57(5)6)110(106,107)67-38-36-66(37-39-67)109(104,105)76-28-20-24-60-25-21-45-86-81(60)76/h12,14-15,17-18,20-28,30-41,45,51-52,55,57-58,72-73,97H,8-11,13,16,19,29,42-44,46-50,53-54,56H2,1-7H3,(H2-,85,87,88,98,99,102)/p+1/t58-,72-,73?/m0/s1. The van der Waals surface area contributed by atoms with Gasteiger partial charge in [-0.25, -0.2) is 26.1 Å². The fourth-order valence-corrected chi connectivity index (χ4v) is 17.0. The number of fused-ring (bicyclic) bond motifs is 3. The first kappa shape index (κ1) is 80.2. The van der Waals surface area contributed by atoms with E-state index in [0.29, 0.717) is 85.3 Å². The highest BCUT2D eigenvalue weighted by molar-refractivity contribution is 7.91. The van der Waals surface area contributed by atoms with E-state index in [1.807, 2.05) is 44.2 Å².